The summed E-state index contributed by atoms with van der Waals surface area (Å²) in [5, 5.41) is 0. The molecule has 2 aromatic carbocycles. The Morgan fingerprint density at radius 3 is 2.13 bits per heavy atom. The molecule has 0 saturated heterocycles. The van der Waals surface area contributed by atoms with Crippen LogP contribution < -0.4 is 25.5 Å². The van der Waals surface area contributed by atoms with Crippen LogP contribution in [0.1, 0.15) is 165 Å². The van der Waals surface area contributed by atoms with Crippen LogP contribution in [0.15, 0.2) is 84.1 Å². The minimum atomic E-state index is -0.0495. The number of hydrogen-bond acceptors (Lipinski definition) is 3. The summed E-state index contributed by atoms with van der Waals surface area (Å²) in [4.78, 5) is 7.10. The van der Waals surface area contributed by atoms with Crippen molar-refractivity contribution < 1.29 is 0 Å². The van der Waals surface area contributed by atoms with Crippen molar-refractivity contribution in [3.05, 3.63) is 106 Å². The normalized spacial score (nSPS) is 22.4. The molecule has 2 aliphatic heterocycles. The Hall–Kier alpha value is -3.50. The van der Waals surface area contributed by atoms with Crippen LogP contribution >= 0.6 is 11.3 Å². The summed E-state index contributed by atoms with van der Waals surface area (Å²) in [5.74, 6) is 0.911. The molecule has 8 rings (SSSR count). The molecule has 1 saturated carbocycles. The number of hydrogen-bond donors (Lipinski definition) is 0. The fraction of sp³-hybridized carbons (Fsp3) is 0.544. The molecule has 0 bridgehead atoms. The highest BCUT2D eigenvalue weighted by atomic mass is 32.1. The number of allylic oxidation sites excluding steroid dienone is 6. The zero-order chi connectivity index (χ0) is 44.6. The number of rotatable bonds is 5. The van der Waals surface area contributed by atoms with Crippen molar-refractivity contribution in [2.45, 2.75) is 167 Å². The van der Waals surface area contributed by atoms with Crippen LogP contribution in [0, 0.1) is 33.5 Å². The van der Waals surface area contributed by atoms with Gasteiger partial charge in [0.1, 0.15) is 0 Å². The summed E-state index contributed by atoms with van der Waals surface area (Å²) in [6.45, 7) is 45.5. The number of anilines is 4. The van der Waals surface area contributed by atoms with Crippen molar-refractivity contribution >= 4 is 62.6 Å². The van der Waals surface area contributed by atoms with Crippen LogP contribution in [-0.2, 0) is 17.3 Å². The third-order valence-electron chi connectivity index (χ3n) is 15.6. The van der Waals surface area contributed by atoms with Crippen LogP contribution in [0.4, 0.5) is 22.7 Å². The van der Waals surface area contributed by atoms with Crippen LogP contribution in [0.25, 0.3) is 6.08 Å². The molecule has 4 heteroatoms. The van der Waals surface area contributed by atoms with E-state index < -0.39 is 0 Å². The van der Waals surface area contributed by atoms with E-state index in [9.17, 15) is 0 Å². The molecule has 3 aliphatic carbocycles. The lowest BCUT2D eigenvalue weighted by Gasteiger charge is -2.50. The first-order valence-electron chi connectivity index (χ1n) is 23.6. The van der Waals surface area contributed by atoms with Crippen LogP contribution in [0.2, 0.25) is 0 Å². The Kier molecular flexibility index (Phi) is 10.5. The standard InChI is InChI=1S/C57H77BN2S/c1-19-20-37(53(6,7)8)29-35(2)59-46-31-39(55(12,13)14)32-47-49(46)58(51-50(59)41-33-42-43(34-48(41)61-51)57(17,18)28-27-56(42,15)16)44-30-38(54(9,10)11)23-26-45(44)60(47)40-24-21-36(22-25-40)52(3,4)5/h19,21-24,26,29-33,37,40,43H,1,20,25,27-28,34H2,2-18H3/b35-29-/t37?,40-,43?/m0/s1. The maximum atomic E-state index is 4.25. The molecule has 0 amide bonds. The van der Waals surface area contributed by atoms with Gasteiger partial charge in [-0.25, -0.2) is 0 Å². The second-order valence-corrected chi connectivity index (χ2v) is 26.2. The average Bonchev–Trinajstić information content (AvgIpc) is 3.52. The molecule has 0 radical (unpaired) electrons. The highest BCUT2D eigenvalue weighted by Gasteiger charge is 2.51. The van der Waals surface area contributed by atoms with Gasteiger partial charge in [0.2, 0.25) is 0 Å². The second-order valence-electron chi connectivity index (χ2n) is 25.1. The third kappa shape index (κ3) is 7.51. The van der Waals surface area contributed by atoms with Gasteiger partial charge >= 0.3 is 0 Å². The zero-order valence-corrected chi connectivity index (χ0v) is 42.0. The van der Waals surface area contributed by atoms with E-state index in [4.69, 9.17) is 0 Å². The first kappa shape index (κ1) is 44.1. The van der Waals surface area contributed by atoms with Crippen molar-refractivity contribution in [3.63, 3.8) is 0 Å². The largest absolute Gasteiger partial charge is 0.335 e. The summed E-state index contributed by atoms with van der Waals surface area (Å²) in [6, 6.07) is 13.0. The van der Waals surface area contributed by atoms with E-state index in [-0.39, 0.29) is 45.2 Å². The Balaban J connectivity index is 1.48. The molecule has 5 aliphatic rings. The van der Waals surface area contributed by atoms with Crippen molar-refractivity contribution in [2.75, 3.05) is 9.80 Å². The predicted molar refractivity (Wildman–Crippen MR) is 272 cm³/mol. The molecule has 0 N–H and O–H groups in total. The maximum Gasteiger partial charge on any atom is 0.264 e. The van der Waals surface area contributed by atoms with E-state index in [0.717, 1.165) is 19.3 Å². The lowest BCUT2D eigenvalue weighted by Crippen LogP contribution is -2.62. The van der Waals surface area contributed by atoms with Crippen LogP contribution in [0.3, 0.4) is 0 Å². The van der Waals surface area contributed by atoms with Crippen molar-refractivity contribution in [2.24, 2.45) is 33.5 Å². The smallest absolute Gasteiger partial charge is 0.264 e. The molecular formula is C57H77BN2S. The van der Waals surface area contributed by atoms with E-state index >= 15 is 0 Å². The molecule has 2 nitrogen and oxygen atoms in total. The number of fused-ring (bicyclic) bond motifs is 7. The second kappa shape index (κ2) is 14.5. The minimum Gasteiger partial charge on any atom is -0.335 e. The van der Waals surface area contributed by atoms with Crippen molar-refractivity contribution in [3.8, 4) is 0 Å². The summed E-state index contributed by atoms with van der Waals surface area (Å²) in [6.07, 6.45) is 20.5. The number of thiophene rings is 1. The lowest BCUT2D eigenvalue weighted by molar-refractivity contribution is 0.124. The maximum absolute atomic E-state index is 4.25. The first-order valence-corrected chi connectivity index (χ1v) is 24.4. The minimum absolute atomic E-state index is 0.0239. The first-order chi connectivity index (χ1) is 28.1. The molecule has 3 atom stereocenters. The Bertz CT molecular complexity index is 2400. The fourth-order valence-electron chi connectivity index (χ4n) is 11.3. The summed E-state index contributed by atoms with van der Waals surface area (Å²) in [7, 11) is 0. The van der Waals surface area contributed by atoms with Crippen molar-refractivity contribution in [1.82, 2.24) is 0 Å². The highest BCUT2D eigenvalue weighted by Crippen LogP contribution is 2.58. The van der Waals surface area contributed by atoms with Gasteiger partial charge in [-0.05, 0) is 129 Å². The molecule has 61 heavy (non-hydrogen) atoms. The van der Waals surface area contributed by atoms with Gasteiger partial charge in [0.25, 0.3) is 6.71 Å². The zero-order valence-electron chi connectivity index (χ0n) is 41.2. The summed E-state index contributed by atoms with van der Waals surface area (Å²) >= 11 is 2.14. The van der Waals surface area contributed by atoms with Gasteiger partial charge in [-0.15, -0.1) is 6.58 Å². The van der Waals surface area contributed by atoms with Gasteiger partial charge in [0, 0.05) is 38.0 Å². The summed E-state index contributed by atoms with van der Waals surface area (Å²) < 4.78 is 1.53. The topological polar surface area (TPSA) is 6.48 Å². The average molecular weight is 833 g/mol. The van der Waals surface area contributed by atoms with Gasteiger partial charge in [0.15, 0.2) is 0 Å². The third-order valence-corrected chi connectivity index (χ3v) is 16.8. The Labute approximate surface area is 376 Å². The highest BCUT2D eigenvalue weighted by molar-refractivity contribution is 7.29. The van der Waals surface area contributed by atoms with Gasteiger partial charge in [-0.3, -0.25) is 0 Å². The van der Waals surface area contributed by atoms with Gasteiger partial charge < -0.3 is 9.80 Å². The fourth-order valence-corrected chi connectivity index (χ4v) is 12.7. The van der Waals surface area contributed by atoms with Crippen molar-refractivity contribution in [1.29, 1.82) is 0 Å². The van der Waals surface area contributed by atoms with Gasteiger partial charge in [-0.2, -0.15) is 11.3 Å². The van der Waals surface area contributed by atoms with E-state index in [1.165, 1.54) is 79.3 Å². The predicted octanol–water partition coefficient (Wildman–Crippen LogP) is 14.6. The molecule has 3 heterocycles. The molecule has 1 fully saturated rings. The van der Waals surface area contributed by atoms with Crippen LogP contribution in [-0.4, -0.2) is 12.8 Å². The van der Waals surface area contributed by atoms with E-state index in [2.05, 4.69) is 212 Å². The molecule has 324 valence electrons. The molecular weight excluding hydrogens is 756 g/mol. The van der Waals surface area contributed by atoms with Gasteiger partial charge in [0.05, 0.1) is 11.7 Å². The van der Waals surface area contributed by atoms with E-state index in [0.29, 0.717) is 11.8 Å². The van der Waals surface area contributed by atoms with E-state index in [1.54, 1.807) is 10.5 Å². The monoisotopic (exact) mass is 833 g/mol. The molecule has 0 spiro atoms. The SMILES string of the molecule is C=CCC(/C=C(/C)N1c2cc(C(C)(C)C)cc3c2B(c2cc(C(C)(C)C)ccc2N3[C@H]2C=CC(C(C)(C)C)=CC2)c2sc3c(c21)C=C1C(C3)C(C)(C)CCC1(C)C)C(C)(C)C. The molecule has 1 aromatic heterocycles. The lowest BCUT2D eigenvalue weighted by atomic mass is 9.35. The van der Waals surface area contributed by atoms with Crippen LogP contribution in [0.5, 0.6) is 0 Å². The number of nitrogens with zero attached hydrogens (tertiary/aromatic N) is 2. The Morgan fingerprint density at radius 2 is 1.54 bits per heavy atom. The number of benzene rings is 2. The summed E-state index contributed by atoms with van der Waals surface area (Å²) in [5.41, 5.74) is 17.9. The molecule has 2 unspecified atom stereocenters. The van der Waals surface area contributed by atoms with E-state index in [1.807, 2.05) is 0 Å². The Morgan fingerprint density at radius 1 is 0.869 bits per heavy atom. The molecule has 3 aromatic rings. The van der Waals surface area contributed by atoms with Gasteiger partial charge in [-0.1, -0.05) is 165 Å². The quantitative estimate of drug-likeness (QED) is 0.187.